The van der Waals surface area contributed by atoms with Gasteiger partial charge in [0.25, 0.3) is 0 Å². The summed E-state index contributed by atoms with van der Waals surface area (Å²) in [6.45, 7) is 7.79. The fourth-order valence-electron chi connectivity index (χ4n) is 2.26. The molecule has 5 heteroatoms. The van der Waals surface area contributed by atoms with E-state index in [2.05, 4.69) is 34.5 Å². The Morgan fingerprint density at radius 1 is 1.44 bits per heavy atom. The highest BCUT2D eigenvalue weighted by atomic mass is 16.5. The average molecular weight is 256 g/mol. The minimum absolute atomic E-state index is 0.696. The third-order valence-electron chi connectivity index (χ3n) is 3.17. The first-order valence-electron chi connectivity index (χ1n) is 6.96. The highest BCUT2D eigenvalue weighted by molar-refractivity contribution is 5.79. The first kappa shape index (κ1) is 15.2. The van der Waals surface area contributed by atoms with E-state index in [1.807, 2.05) is 0 Å². The lowest BCUT2D eigenvalue weighted by atomic mass is 9.99. The van der Waals surface area contributed by atoms with Crippen LogP contribution in [-0.2, 0) is 4.74 Å². The molecule has 1 saturated heterocycles. The minimum atomic E-state index is 0.696. The maximum Gasteiger partial charge on any atom is 0.191 e. The highest BCUT2D eigenvalue weighted by Gasteiger charge is 2.16. The molecule has 0 amide bonds. The fourth-order valence-corrected chi connectivity index (χ4v) is 2.26. The molecule has 1 unspecified atom stereocenters. The van der Waals surface area contributed by atoms with Crippen LogP contribution >= 0.6 is 0 Å². The van der Waals surface area contributed by atoms with E-state index in [0.29, 0.717) is 12.5 Å². The van der Waals surface area contributed by atoms with E-state index < -0.39 is 0 Å². The fraction of sp³-hybridized carbons (Fsp3) is 0.923. The summed E-state index contributed by atoms with van der Waals surface area (Å²) in [5.74, 6) is 1.60. The van der Waals surface area contributed by atoms with Gasteiger partial charge in [0.15, 0.2) is 5.96 Å². The SMILES string of the molecule is CCNC(=NCC1CCCN(C)C1)NCCOC. The van der Waals surface area contributed by atoms with E-state index >= 15 is 0 Å². The smallest absolute Gasteiger partial charge is 0.191 e. The van der Waals surface area contributed by atoms with Crippen molar-refractivity contribution in [1.82, 2.24) is 15.5 Å². The van der Waals surface area contributed by atoms with E-state index in [-0.39, 0.29) is 0 Å². The lowest BCUT2D eigenvalue weighted by molar-refractivity contribution is 0.203. The number of methoxy groups -OCH3 is 1. The molecule has 0 aromatic carbocycles. The molecule has 1 atom stereocenters. The number of hydrogen-bond donors (Lipinski definition) is 2. The molecule has 0 bridgehead atoms. The van der Waals surface area contributed by atoms with Crippen molar-refractivity contribution in [2.45, 2.75) is 19.8 Å². The molecule has 2 N–H and O–H groups in total. The zero-order valence-corrected chi connectivity index (χ0v) is 12.0. The molecule has 0 spiro atoms. The van der Waals surface area contributed by atoms with Crippen LogP contribution in [0.25, 0.3) is 0 Å². The molecule has 0 aromatic rings. The average Bonchev–Trinajstić information content (AvgIpc) is 2.36. The van der Waals surface area contributed by atoms with Gasteiger partial charge in [-0.05, 0) is 39.3 Å². The van der Waals surface area contributed by atoms with Crippen molar-refractivity contribution in [3.05, 3.63) is 0 Å². The molecule has 18 heavy (non-hydrogen) atoms. The molecule has 1 heterocycles. The summed E-state index contributed by atoms with van der Waals surface area (Å²) < 4.78 is 5.03. The molecule has 1 fully saturated rings. The van der Waals surface area contributed by atoms with Gasteiger partial charge in [0.1, 0.15) is 0 Å². The summed E-state index contributed by atoms with van der Waals surface area (Å²) in [6.07, 6.45) is 2.59. The van der Waals surface area contributed by atoms with E-state index in [1.54, 1.807) is 7.11 Å². The normalized spacial score (nSPS) is 21.9. The monoisotopic (exact) mass is 256 g/mol. The van der Waals surface area contributed by atoms with Crippen molar-refractivity contribution in [2.75, 3.05) is 53.5 Å². The van der Waals surface area contributed by atoms with Gasteiger partial charge in [-0.25, -0.2) is 0 Å². The van der Waals surface area contributed by atoms with Gasteiger partial charge < -0.3 is 20.3 Å². The lowest BCUT2D eigenvalue weighted by Crippen LogP contribution is -2.40. The second-order valence-electron chi connectivity index (χ2n) is 4.91. The summed E-state index contributed by atoms with van der Waals surface area (Å²) in [4.78, 5) is 7.05. The molecular formula is C13H28N4O. The van der Waals surface area contributed by atoms with Gasteiger partial charge in [0, 0.05) is 33.3 Å². The van der Waals surface area contributed by atoms with E-state index in [1.165, 1.54) is 25.9 Å². The zero-order chi connectivity index (χ0) is 13.2. The number of guanidine groups is 1. The predicted octanol–water partition coefficient (Wildman–Crippen LogP) is 0.530. The molecule has 0 radical (unpaired) electrons. The first-order chi connectivity index (χ1) is 8.76. The van der Waals surface area contributed by atoms with Gasteiger partial charge in [-0.1, -0.05) is 0 Å². The van der Waals surface area contributed by atoms with Crippen molar-refractivity contribution >= 4 is 5.96 Å². The number of hydrogen-bond acceptors (Lipinski definition) is 3. The topological polar surface area (TPSA) is 48.9 Å². The highest BCUT2D eigenvalue weighted by Crippen LogP contribution is 2.14. The van der Waals surface area contributed by atoms with Crippen LogP contribution in [-0.4, -0.2) is 64.3 Å². The quantitative estimate of drug-likeness (QED) is 0.413. The van der Waals surface area contributed by atoms with Crippen molar-refractivity contribution in [1.29, 1.82) is 0 Å². The Hall–Kier alpha value is -0.810. The van der Waals surface area contributed by atoms with Gasteiger partial charge in [0.2, 0.25) is 0 Å². The van der Waals surface area contributed by atoms with Gasteiger partial charge >= 0.3 is 0 Å². The van der Waals surface area contributed by atoms with Gasteiger partial charge in [-0.15, -0.1) is 0 Å². The molecule has 1 aliphatic rings. The molecule has 0 aliphatic carbocycles. The molecule has 0 aromatic heterocycles. The Kier molecular flexibility index (Phi) is 7.76. The third-order valence-corrected chi connectivity index (χ3v) is 3.17. The number of aliphatic imine (C=N–C) groups is 1. The summed E-state index contributed by atoms with van der Waals surface area (Å²) in [7, 11) is 3.90. The maximum atomic E-state index is 5.03. The second-order valence-corrected chi connectivity index (χ2v) is 4.91. The Bertz CT molecular complexity index is 245. The van der Waals surface area contributed by atoms with Crippen LogP contribution in [0.15, 0.2) is 4.99 Å². The Labute approximate surface area is 111 Å². The molecule has 1 rings (SSSR count). The maximum absolute atomic E-state index is 5.03. The summed E-state index contributed by atoms with van der Waals surface area (Å²) in [5.41, 5.74) is 0. The molecule has 5 nitrogen and oxygen atoms in total. The molecule has 1 aliphatic heterocycles. The van der Waals surface area contributed by atoms with Crippen LogP contribution in [0.4, 0.5) is 0 Å². The molecule has 0 saturated carbocycles. The second kappa shape index (κ2) is 9.16. The van der Waals surface area contributed by atoms with Gasteiger partial charge in [-0.3, -0.25) is 4.99 Å². The van der Waals surface area contributed by atoms with Crippen molar-refractivity contribution in [2.24, 2.45) is 10.9 Å². The Balaban J connectivity index is 2.33. The lowest BCUT2D eigenvalue weighted by Gasteiger charge is -2.28. The third kappa shape index (κ3) is 6.21. The number of likely N-dealkylation sites (tertiary alicyclic amines) is 1. The van der Waals surface area contributed by atoms with Crippen LogP contribution in [0.2, 0.25) is 0 Å². The summed E-state index contributed by atoms with van der Waals surface area (Å²) in [6, 6.07) is 0. The zero-order valence-electron chi connectivity index (χ0n) is 12.0. The van der Waals surface area contributed by atoms with Crippen LogP contribution in [0, 0.1) is 5.92 Å². The Morgan fingerprint density at radius 3 is 2.94 bits per heavy atom. The summed E-state index contributed by atoms with van der Waals surface area (Å²) in [5, 5.41) is 6.53. The standard InChI is InChI=1S/C13H28N4O/c1-4-14-13(15-7-9-18-3)16-10-12-6-5-8-17(2)11-12/h12H,4-11H2,1-3H3,(H2,14,15,16). The van der Waals surface area contributed by atoms with Gasteiger partial charge in [-0.2, -0.15) is 0 Å². The van der Waals surface area contributed by atoms with Crippen LogP contribution in [0.3, 0.4) is 0 Å². The molecular weight excluding hydrogens is 228 g/mol. The van der Waals surface area contributed by atoms with Crippen LogP contribution < -0.4 is 10.6 Å². The van der Waals surface area contributed by atoms with E-state index in [0.717, 1.165) is 25.6 Å². The van der Waals surface area contributed by atoms with Crippen molar-refractivity contribution in [3.8, 4) is 0 Å². The summed E-state index contributed by atoms with van der Waals surface area (Å²) >= 11 is 0. The Morgan fingerprint density at radius 2 is 2.28 bits per heavy atom. The number of ether oxygens (including phenoxy) is 1. The van der Waals surface area contributed by atoms with Crippen LogP contribution in [0.1, 0.15) is 19.8 Å². The van der Waals surface area contributed by atoms with E-state index in [4.69, 9.17) is 4.74 Å². The number of piperidine rings is 1. The van der Waals surface area contributed by atoms with Gasteiger partial charge in [0.05, 0.1) is 6.61 Å². The largest absolute Gasteiger partial charge is 0.383 e. The number of rotatable bonds is 6. The predicted molar refractivity (Wildman–Crippen MR) is 76.1 cm³/mol. The number of nitrogens with zero attached hydrogens (tertiary/aromatic N) is 2. The van der Waals surface area contributed by atoms with Crippen LogP contribution in [0.5, 0.6) is 0 Å². The van der Waals surface area contributed by atoms with Crippen molar-refractivity contribution < 1.29 is 4.74 Å². The van der Waals surface area contributed by atoms with E-state index in [9.17, 15) is 0 Å². The molecule has 106 valence electrons. The first-order valence-corrected chi connectivity index (χ1v) is 6.96. The number of nitrogens with one attached hydrogen (secondary N) is 2. The minimum Gasteiger partial charge on any atom is -0.383 e. The van der Waals surface area contributed by atoms with Crippen molar-refractivity contribution in [3.63, 3.8) is 0 Å².